The highest BCUT2D eigenvalue weighted by Crippen LogP contribution is 2.34. The Hall–Kier alpha value is -2.37. The monoisotopic (exact) mass is 455 g/mol. The lowest BCUT2D eigenvalue weighted by atomic mass is 10.2. The van der Waals surface area contributed by atoms with Crippen molar-refractivity contribution in [3.63, 3.8) is 0 Å². The average molecular weight is 456 g/mol. The second-order valence-electron chi connectivity index (χ2n) is 5.74. The molecule has 0 aliphatic carbocycles. The first-order valence-electron chi connectivity index (χ1n) is 8.42. The van der Waals surface area contributed by atoms with E-state index in [4.69, 9.17) is 12.2 Å². The van der Waals surface area contributed by atoms with Crippen LogP contribution < -0.4 is 10.1 Å². The molecular formula is C18H15F2N3O3S3. The Bertz CT molecular complexity index is 935. The molecule has 3 rings (SSSR count). The summed E-state index contributed by atoms with van der Waals surface area (Å²) in [6.07, 6.45) is 3.70. The molecule has 1 aliphatic rings. The number of nitrogens with one attached hydrogen (secondary N) is 1. The Morgan fingerprint density at radius 1 is 1.38 bits per heavy atom. The van der Waals surface area contributed by atoms with Crippen LogP contribution in [0.3, 0.4) is 0 Å². The van der Waals surface area contributed by atoms with Crippen LogP contribution in [-0.2, 0) is 9.59 Å². The quantitative estimate of drug-likeness (QED) is 0.471. The molecule has 2 aromatic rings. The summed E-state index contributed by atoms with van der Waals surface area (Å²) in [5.41, 5.74) is 0.358. The van der Waals surface area contributed by atoms with E-state index in [0.717, 1.165) is 11.8 Å². The maximum atomic E-state index is 12.6. The molecule has 0 atom stereocenters. The van der Waals surface area contributed by atoms with E-state index in [1.807, 2.05) is 0 Å². The fourth-order valence-corrected chi connectivity index (χ4v) is 4.35. The van der Waals surface area contributed by atoms with Gasteiger partial charge >= 0.3 is 6.61 Å². The van der Waals surface area contributed by atoms with Gasteiger partial charge in [-0.05, 0) is 18.6 Å². The van der Waals surface area contributed by atoms with Crippen molar-refractivity contribution in [1.82, 2.24) is 9.88 Å². The fraction of sp³-hybridized carbons (Fsp3) is 0.222. The highest BCUT2D eigenvalue weighted by molar-refractivity contribution is 8.26. The number of anilines is 1. The van der Waals surface area contributed by atoms with Crippen molar-refractivity contribution in [2.24, 2.45) is 0 Å². The number of thiocarbonyl (C=S) groups is 1. The first kappa shape index (κ1) is 21.3. The predicted octanol–water partition coefficient (Wildman–Crippen LogP) is 4.36. The summed E-state index contributed by atoms with van der Waals surface area (Å²) < 4.78 is 30.0. The number of carbonyl (C=O) groups excluding carboxylic acids is 2. The molecule has 1 aromatic heterocycles. The van der Waals surface area contributed by atoms with Gasteiger partial charge in [-0.2, -0.15) is 8.78 Å². The molecule has 1 aliphatic heterocycles. The zero-order valence-electron chi connectivity index (χ0n) is 14.8. The number of hydrogen-bond donors (Lipinski definition) is 1. The van der Waals surface area contributed by atoms with Crippen LogP contribution in [0.5, 0.6) is 5.75 Å². The van der Waals surface area contributed by atoms with Gasteiger partial charge in [0.25, 0.3) is 5.91 Å². The molecular weight excluding hydrogens is 440 g/mol. The van der Waals surface area contributed by atoms with Crippen molar-refractivity contribution in [2.75, 3.05) is 11.9 Å². The van der Waals surface area contributed by atoms with Gasteiger partial charge in [0, 0.05) is 30.1 Å². The molecule has 29 heavy (non-hydrogen) atoms. The van der Waals surface area contributed by atoms with E-state index in [2.05, 4.69) is 15.0 Å². The minimum atomic E-state index is -2.96. The molecule has 1 N–H and O–H groups in total. The third-order valence-corrected chi connectivity index (χ3v) is 5.83. The van der Waals surface area contributed by atoms with Crippen LogP contribution in [0.2, 0.25) is 0 Å². The van der Waals surface area contributed by atoms with E-state index in [9.17, 15) is 18.4 Å². The Kier molecular flexibility index (Phi) is 7.29. The highest BCUT2D eigenvalue weighted by Gasteiger charge is 2.32. The van der Waals surface area contributed by atoms with Crippen LogP contribution in [0.1, 0.15) is 18.4 Å². The second kappa shape index (κ2) is 9.90. The number of amides is 2. The van der Waals surface area contributed by atoms with Gasteiger partial charge in [0.2, 0.25) is 5.91 Å². The summed E-state index contributed by atoms with van der Waals surface area (Å²) in [5.74, 6) is -0.544. The molecule has 0 unspecified atom stereocenters. The smallest absolute Gasteiger partial charge is 0.387 e. The Labute approximate surface area is 178 Å². The van der Waals surface area contributed by atoms with E-state index in [-0.39, 0.29) is 30.5 Å². The number of hydrogen-bond acceptors (Lipinski definition) is 7. The lowest BCUT2D eigenvalue weighted by molar-refractivity contribution is -0.122. The summed E-state index contributed by atoms with van der Waals surface area (Å²) in [6, 6.07) is 6.20. The number of rotatable bonds is 8. The van der Waals surface area contributed by atoms with Crippen molar-refractivity contribution in [1.29, 1.82) is 0 Å². The van der Waals surface area contributed by atoms with Crippen molar-refractivity contribution >= 4 is 62.7 Å². The topological polar surface area (TPSA) is 71.5 Å². The van der Waals surface area contributed by atoms with E-state index in [1.54, 1.807) is 29.8 Å². The summed E-state index contributed by atoms with van der Waals surface area (Å²) in [6.45, 7) is -2.68. The number of thioether (sulfide) groups is 1. The van der Waals surface area contributed by atoms with Gasteiger partial charge in [-0.3, -0.25) is 14.5 Å². The lowest BCUT2D eigenvalue weighted by Gasteiger charge is -2.13. The van der Waals surface area contributed by atoms with E-state index in [1.165, 1.54) is 28.4 Å². The van der Waals surface area contributed by atoms with Crippen LogP contribution in [0.15, 0.2) is 40.7 Å². The summed E-state index contributed by atoms with van der Waals surface area (Å²) >= 11 is 7.66. The largest absolute Gasteiger partial charge is 0.434 e. The predicted molar refractivity (Wildman–Crippen MR) is 113 cm³/mol. The number of alkyl halides is 2. The first-order chi connectivity index (χ1) is 13.9. The van der Waals surface area contributed by atoms with Gasteiger partial charge in [-0.25, -0.2) is 4.98 Å². The maximum absolute atomic E-state index is 12.6. The molecule has 0 bridgehead atoms. The van der Waals surface area contributed by atoms with Crippen LogP contribution in [0.4, 0.5) is 13.9 Å². The number of carbonyl (C=O) groups is 2. The molecule has 0 radical (unpaired) electrons. The average Bonchev–Trinajstić information content (AvgIpc) is 3.26. The lowest BCUT2D eigenvalue weighted by Crippen LogP contribution is -2.29. The summed E-state index contributed by atoms with van der Waals surface area (Å²) in [5, 5.41) is 4.95. The number of benzene rings is 1. The van der Waals surface area contributed by atoms with E-state index in [0.29, 0.717) is 26.3 Å². The molecule has 2 heterocycles. The van der Waals surface area contributed by atoms with Gasteiger partial charge in [0.15, 0.2) is 5.13 Å². The molecule has 2 amide bonds. The molecule has 0 saturated carbocycles. The minimum Gasteiger partial charge on any atom is -0.434 e. The second-order valence-corrected chi connectivity index (χ2v) is 8.31. The molecule has 0 spiro atoms. The van der Waals surface area contributed by atoms with Crippen LogP contribution in [0, 0.1) is 0 Å². The van der Waals surface area contributed by atoms with Gasteiger partial charge in [0.05, 0.1) is 4.91 Å². The third-order valence-electron chi connectivity index (χ3n) is 3.76. The first-order valence-corrected chi connectivity index (χ1v) is 10.5. The van der Waals surface area contributed by atoms with Crippen molar-refractivity contribution in [3.05, 3.63) is 46.3 Å². The number of nitrogens with zero attached hydrogens (tertiary/aromatic N) is 2. The number of para-hydroxylation sites is 1. The van der Waals surface area contributed by atoms with Gasteiger partial charge < -0.3 is 10.1 Å². The number of ether oxygens (including phenoxy) is 1. The Morgan fingerprint density at radius 2 is 2.17 bits per heavy atom. The molecule has 1 aromatic carbocycles. The SMILES string of the molecule is O=C(CCCN1C(=O)C(=Cc2ccccc2OC(F)F)SC1=S)Nc1nccs1. The number of halogens is 2. The van der Waals surface area contributed by atoms with Crippen molar-refractivity contribution < 1.29 is 23.1 Å². The van der Waals surface area contributed by atoms with Crippen LogP contribution in [0.25, 0.3) is 6.08 Å². The van der Waals surface area contributed by atoms with Gasteiger partial charge in [0.1, 0.15) is 10.1 Å². The standard InChI is InChI=1S/C18H15F2N3O3S3/c19-16(20)26-12-5-2-1-4-11(12)10-13-15(25)23(18(27)29-13)8-3-6-14(24)22-17-21-7-9-28-17/h1-2,4-5,7,9-10,16H,3,6,8H2,(H,21,22,24). The molecule has 1 fully saturated rings. The Balaban J connectivity index is 1.60. The van der Waals surface area contributed by atoms with Crippen molar-refractivity contribution in [2.45, 2.75) is 19.5 Å². The molecule has 6 nitrogen and oxygen atoms in total. The maximum Gasteiger partial charge on any atom is 0.387 e. The molecule has 152 valence electrons. The van der Waals surface area contributed by atoms with Crippen LogP contribution in [-0.4, -0.2) is 39.2 Å². The normalized spacial score (nSPS) is 15.4. The highest BCUT2D eigenvalue weighted by atomic mass is 32.2. The van der Waals surface area contributed by atoms with Crippen LogP contribution >= 0.6 is 35.3 Å². The summed E-state index contributed by atoms with van der Waals surface area (Å²) in [4.78, 5) is 30.2. The number of thiazole rings is 1. The molecule has 1 saturated heterocycles. The van der Waals surface area contributed by atoms with E-state index < -0.39 is 6.61 Å². The summed E-state index contributed by atoms with van der Waals surface area (Å²) in [7, 11) is 0. The zero-order valence-corrected chi connectivity index (χ0v) is 17.3. The van der Waals surface area contributed by atoms with Gasteiger partial charge in [-0.1, -0.05) is 42.2 Å². The van der Waals surface area contributed by atoms with Gasteiger partial charge in [-0.15, -0.1) is 11.3 Å². The zero-order chi connectivity index (χ0) is 20.8. The van der Waals surface area contributed by atoms with Crippen molar-refractivity contribution in [3.8, 4) is 5.75 Å². The Morgan fingerprint density at radius 3 is 2.90 bits per heavy atom. The minimum absolute atomic E-state index is 0.0216. The molecule has 11 heteroatoms. The fourth-order valence-electron chi connectivity index (χ4n) is 2.50. The number of aromatic nitrogens is 1. The third kappa shape index (κ3) is 5.81. The van der Waals surface area contributed by atoms with E-state index >= 15 is 0 Å².